The second-order valence-electron chi connectivity index (χ2n) is 7.78. The van der Waals surface area contributed by atoms with Crippen LogP contribution in [0.1, 0.15) is 12.8 Å². The van der Waals surface area contributed by atoms with Crippen LogP contribution in [0.15, 0.2) is 64.0 Å². The van der Waals surface area contributed by atoms with Crippen molar-refractivity contribution in [2.45, 2.75) is 17.7 Å². The number of piperazine rings is 1. The number of nitrogens with zero attached hydrogens (tertiary/aromatic N) is 3. The van der Waals surface area contributed by atoms with E-state index >= 15 is 0 Å². The highest BCUT2D eigenvalue weighted by molar-refractivity contribution is 9.10. The maximum absolute atomic E-state index is 13.0. The molecule has 0 aromatic heterocycles. The lowest BCUT2D eigenvalue weighted by Crippen LogP contribution is -2.52. The highest BCUT2D eigenvalue weighted by atomic mass is 79.9. The van der Waals surface area contributed by atoms with Crippen LogP contribution < -0.4 is 4.90 Å². The normalized spacial score (nSPS) is 19.1. The van der Waals surface area contributed by atoms with Crippen molar-refractivity contribution in [1.82, 2.24) is 9.21 Å². The molecule has 0 bridgehead atoms. The quantitative estimate of drug-likeness (QED) is 0.658. The molecular formula is C22H26BrN3O3S. The Hall–Kier alpha value is -1.90. The SMILES string of the molecule is O=C(C1CCN(S(=O)(=O)c2ccc(Br)cc2)CC1)N1CCN(c2ccccc2)CC1. The van der Waals surface area contributed by atoms with Gasteiger partial charge in [0, 0.05) is 55.3 Å². The molecule has 2 aliphatic heterocycles. The lowest BCUT2D eigenvalue weighted by molar-refractivity contribution is -0.137. The van der Waals surface area contributed by atoms with Gasteiger partial charge in [0.1, 0.15) is 0 Å². The average Bonchev–Trinajstić information content (AvgIpc) is 2.80. The van der Waals surface area contributed by atoms with Crippen molar-refractivity contribution in [2.24, 2.45) is 5.92 Å². The molecule has 160 valence electrons. The fourth-order valence-corrected chi connectivity index (χ4v) is 5.91. The number of piperidine rings is 1. The average molecular weight is 492 g/mol. The van der Waals surface area contributed by atoms with E-state index in [1.54, 1.807) is 24.3 Å². The first-order chi connectivity index (χ1) is 14.4. The molecule has 2 saturated heterocycles. The Morgan fingerprint density at radius 1 is 0.833 bits per heavy atom. The Labute approximate surface area is 186 Å². The first-order valence-corrected chi connectivity index (χ1v) is 12.5. The molecule has 6 nitrogen and oxygen atoms in total. The fourth-order valence-electron chi connectivity index (χ4n) is 4.18. The van der Waals surface area contributed by atoms with Crippen LogP contribution in [0.5, 0.6) is 0 Å². The zero-order chi connectivity index (χ0) is 21.1. The van der Waals surface area contributed by atoms with Crippen molar-refractivity contribution in [3.05, 3.63) is 59.1 Å². The molecule has 0 N–H and O–H groups in total. The van der Waals surface area contributed by atoms with Crippen LogP contribution in [-0.4, -0.2) is 62.8 Å². The third-order valence-electron chi connectivity index (χ3n) is 5.97. The van der Waals surface area contributed by atoms with Crippen molar-refractivity contribution in [1.29, 1.82) is 0 Å². The van der Waals surface area contributed by atoms with Crippen LogP contribution in [0.4, 0.5) is 5.69 Å². The fraction of sp³-hybridized carbons (Fsp3) is 0.409. The van der Waals surface area contributed by atoms with Crippen LogP contribution in [-0.2, 0) is 14.8 Å². The predicted octanol–water partition coefficient (Wildman–Crippen LogP) is 3.20. The van der Waals surface area contributed by atoms with E-state index in [0.717, 1.165) is 17.6 Å². The van der Waals surface area contributed by atoms with E-state index in [9.17, 15) is 13.2 Å². The summed E-state index contributed by atoms with van der Waals surface area (Å²) < 4.78 is 28.1. The first-order valence-electron chi connectivity index (χ1n) is 10.3. The zero-order valence-corrected chi connectivity index (χ0v) is 19.2. The largest absolute Gasteiger partial charge is 0.368 e. The van der Waals surface area contributed by atoms with Crippen molar-refractivity contribution in [3.8, 4) is 0 Å². The van der Waals surface area contributed by atoms with Gasteiger partial charge in [0.2, 0.25) is 15.9 Å². The second kappa shape index (κ2) is 9.08. The molecule has 2 heterocycles. The van der Waals surface area contributed by atoms with Crippen molar-refractivity contribution < 1.29 is 13.2 Å². The Bertz CT molecular complexity index is 966. The van der Waals surface area contributed by atoms with Crippen LogP contribution in [0, 0.1) is 5.92 Å². The molecule has 1 amide bonds. The first kappa shape index (κ1) is 21.3. The molecule has 2 aromatic rings. The predicted molar refractivity (Wildman–Crippen MR) is 121 cm³/mol. The maximum atomic E-state index is 13.0. The van der Waals surface area contributed by atoms with E-state index in [0.29, 0.717) is 43.9 Å². The van der Waals surface area contributed by atoms with Gasteiger partial charge in [-0.1, -0.05) is 34.1 Å². The second-order valence-corrected chi connectivity index (χ2v) is 10.6. The molecule has 0 radical (unpaired) electrons. The van der Waals surface area contributed by atoms with Gasteiger partial charge in [0.05, 0.1) is 4.90 Å². The number of anilines is 1. The van der Waals surface area contributed by atoms with Crippen molar-refractivity contribution in [2.75, 3.05) is 44.2 Å². The number of carbonyl (C=O) groups excluding carboxylic acids is 1. The molecule has 0 aliphatic carbocycles. The highest BCUT2D eigenvalue weighted by Crippen LogP contribution is 2.26. The van der Waals surface area contributed by atoms with Crippen LogP contribution in [0.2, 0.25) is 0 Å². The molecule has 2 aromatic carbocycles. The van der Waals surface area contributed by atoms with E-state index in [2.05, 4.69) is 33.0 Å². The standard InChI is InChI=1S/C22H26BrN3O3S/c23-19-6-8-21(9-7-19)30(28,29)26-12-10-18(11-13-26)22(27)25-16-14-24(15-17-25)20-4-2-1-3-5-20/h1-9,18H,10-17H2. The number of hydrogen-bond acceptors (Lipinski definition) is 4. The molecule has 2 fully saturated rings. The van der Waals surface area contributed by atoms with Crippen LogP contribution >= 0.6 is 15.9 Å². The van der Waals surface area contributed by atoms with Crippen LogP contribution in [0.25, 0.3) is 0 Å². The highest BCUT2D eigenvalue weighted by Gasteiger charge is 2.34. The topological polar surface area (TPSA) is 60.9 Å². The van der Waals surface area contributed by atoms with Gasteiger partial charge in [-0.2, -0.15) is 4.31 Å². The smallest absolute Gasteiger partial charge is 0.243 e. The van der Waals surface area contributed by atoms with Crippen LogP contribution in [0.3, 0.4) is 0 Å². The monoisotopic (exact) mass is 491 g/mol. The summed E-state index contributed by atoms with van der Waals surface area (Å²) in [7, 11) is -3.51. The molecule has 0 unspecified atom stereocenters. The van der Waals surface area contributed by atoms with Gasteiger partial charge >= 0.3 is 0 Å². The number of carbonyl (C=O) groups is 1. The third kappa shape index (κ3) is 4.55. The summed E-state index contributed by atoms with van der Waals surface area (Å²) in [5.74, 6) is 0.0769. The number of sulfonamides is 1. The third-order valence-corrected chi connectivity index (χ3v) is 8.41. The molecule has 4 rings (SSSR count). The van der Waals surface area contributed by atoms with Gasteiger partial charge < -0.3 is 9.80 Å². The minimum atomic E-state index is -3.51. The molecule has 0 atom stereocenters. The number of benzene rings is 2. The van der Waals surface area contributed by atoms with Gasteiger partial charge in [0.15, 0.2) is 0 Å². The van der Waals surface area contributed by atoms with Gasteiger partial charge in [-0.05, 0) is 49.2 Å². The molecule has 0 saturated carbocycles. The lowest BCUT2D eigenvalue weighted by Gasteiger charge is -2.39. The van der Waals surface area contributed by atoms with E-state index in [1.165, 1.54) is 9.99 Å². The van der Waals surface area contributed by atoms with Crippen molar-refractivity contribution in [3.63, 3.8) is 0 Å². The summed E-state index contributed by atoms with van der Waals surface area (Å²) in [6, 6.07) is 17.0. The number of hydrogen-bond donors (Lipinski definition) is 0. The molecule has 30 heavy (non-hydrogen) atoms. The Kier molecular flexibility index (Phi) is 6.46. The number of para-hydroxylation sites is 1. The minimum absolute atomic E-state index is 0.0929. The summed E-state index contributed by atoms with van der Waals surface area (Å²) in [6.45, 7) is 3.85. The molecule has 8 heteroatoms. The Morgan fingerprint density at radius 3 is 2.03 bits per heavy atom. The number of amides is 1. The lowest BCUT2D eigenvalue weighted by atomic mass is 9.96. The van der Waals surface area contributed by atoms with E-state index in [-0.39, 0.29) is 11.8 Å². The summed E-state index contributed by atoms with van der Waals surface area (Å²) in [5, 5.41) is 0. The van der Waals surface area contributed by atoms with Gasteiger partial charge in [-0.15, -0.1) is 0 Å². The van der Waals surface area contributed by atoms with E-state index < -0.39 is 10.0 Å². The summed E-state index contributed by atoms with van der Waals surface area (Å²) >= 11 is 3.33. The van der Waals surface area contributed by atoms with E-state index in [4.69, 9.17) is 0 Å². The number of rotatable bonds is 4. The molecule has 0 spiro atoms. The maximum Gasteiger partial charge on any atom is 0.243 e. The van der Waals surface area contributed by atoms with E-state index in [1.807, 2.05) is 23.1 Å². The number of halogens is 1. The van der Waals surface area contributed by atoms with Gasteiger partial charge in [0.25, 0.3) is 0 Å². The zero-order valence-electron chi connectivity index (χ0n) is 16.8. The van der Waals surface area contributed by atoms with Crippen molar-refractivity contribution >= 4 is 37.5 Å². The Balaban J connectivity index is 1.31. The minimum Gasteiger partial charge on any atom is -0.368 e. The van der Waals surface area contributed by atoms with Gasteiger partial charge in [-0.3, -0.25) is 4.79 Å². The summed E-state index contributed by atoms with van der Waals surface area (Å²) in [5.41, 5.74) is 1.19. The van der Waals surface area contributed by atoms with Gasteiger partial charge in [-0.25, -0.2) is 8.42 Å². The summed E-state index contributed by atoms with van der Waals surface area (Å²) in [4.78, 5) is 17.5. The molecular weight excluding hydrogens is 466 g/mol. The summed E-state index contributed by atoms with van der Waals surface area (Å²) in [6.07, 6.45) is 1.15. The molecule has 2 aliphatic rings. The Morgan fingerprint density at radius 2 is 1.43 bits per heavy atom.